The molecule has 0 atom stereocenters. The summed E-state index contributed by atoms with van der Waals surface area (Å²) in [4.78, 5) is 0. The molecule has 4 heteroatoms. The fourth-order valence-corrected chi connectivity index (χ4v) is 2.92. The van der Waals surface area contributed by atoms with Gasteiger partial charge in [-0.15, -0.1) is 0 Å². The lowest BCUT2D eigenvalue weighted by molar-refractivity contribution is 0.283. The fraction of sp³-hybridized carbons (Fsp3) is 0.429. The van der Waals surface area contributed by atoms with Gasteiger partial charge >= 0.3 is 0 Å². The molecular weight excluding hydrogens is 266 g/mol. The number of nitrogens with zero attached hydrogens (tertiary/aromatic N) is 1. The second kappa shape index (κ2) is 6.50. The van der Waals surface area contributed by atoms with Gasteiger partial charge in [0.25, 0.3) is 0 Å². The summed E-state index contributed by atoms with van der Waals surface area (Å²) in [7, 11) is 0. The van der Waals surface area contributed by atoms with Gasteiger partial charge in [-0.25, -0.2) is 0 Å². The van der Waals surface area contributed by atoms with E-state index in [2.05, 4.69) is 11.5 Å². The highest BCUT2D eigenvalue weighted by atomic mass is 35.5. The van der Waals surface area contributed by atoms with Gasteiger partial charge in [-0.3, -0.25) is 0 Å². The van der Waals surface area contributed by atoms with Crippen LogP contribution in [0.15, 0.2) is 24.4 Å². The van der Waals surface area contributed by atoms with Gasteiger partial charge in [-0.1, -0.05) is 24.6 Å². The molecule has 1 heterocycles. The van der Waals surface area contributed by atoms with Crippen molar-refractivity contribution in [2.45, 2.75) is 26.5 Å². The second-order valence-corrected chi connectivity index (χ2v) is 6.05. The Kier molecular flexibility index (Phi) is 4.98. The van der Waals surface area contributed by atoms with E-state index in [1.807, 2.05) is 36.2 Å². The molecular formula is C14H18ClNOS. The van der Waals surface area contributed by atoms with Crippen LogP contribution in [0.2, 0.25) is 5.02 Å². The summed E-state index contributed by atoms with van der Waals surface area (Å²) >= 11 is 8.01. The molecule has 2 rings (SSSR count). The van der Waals surface area contributed by atoms with Gasteiger partial charge in [0.05, 0.1) is 6.61 Å². The van der Waals surface area contributed by atoms with E-state index in [1.54, 1.807) is 0 Å². The molecule has 2 nitrogen and oxygen atoms in total. The van der Waals surface area contributed by atoms with Crippen LogP contribution in [0, 0.1) is 0 Å². The zero-order valence-electron chi connectivity index (χ0n) is 10.5. The predicted molar refractivity (Wildman–Crippen MR) is 80.5 cm³/mol. The van der Waals surface area contributed by atoms with E-state index in [1.165, 1.54) is 11.5 Å². The van der Waals surface area contributed by atoms with Gasteiger partial charge in [0, 0.05) is 34.2 Å². The number of fused-ring (bicyclic) bond motifs is 1. The van der Waals surface area contributed by atoms with E-state index in [0.29, 0.717) is 0 Å². The molecule has 98 valence electrons. The number of aromatic nitrogens is 1. The first-order valence-corrected chi connectivity index (χ1v) is 7.75. The largest absolute Gasteiger partial charge is 0.392 e. The van der Waals surface area contributed by atoms with E-state index in [9.17, 15) is 5.11 Å². The number of halogens is 1. The van der Waals surface area contributed by atoms with Crippen molar-refractivity contribution in [3.8, 4) is 0 Å². The Morgan fingerprint density at radius 2 is 2.22 bits per heavy atom. The molecule has 0 radical (unpaired) electrons. The van der Waals surface area contributed by atoms with E-state index in [0.717, 1.165) is 34.5 Å². The molecule has 0 unspecified atom stereocenters. The number of aryl methyl sites for hydroxylation is 1. The standard InChI is InChI=1S/C14H18ClNOS/c1-2-18-7-3-6-16-9-11(10-17)13-5-4-12(15)8-14(13)16/h4-5,8-9,17H,2-3,6-7,10H2,1H3. The zero-order valence-corrected chi connectivity index (χ0v) is 12.1. The van der Waals surface area contributed by atoms with Crippen LogP contribution in [0.4, 0.5) is 0 Å². The Morgan fingerprint density at radius 1 is 1.39 bits per heavy atom. The molecule has 1 aromatic heterocycles. The van der Waals surface area contributed by atoms with Gasteiger partial charge in [0.15, 0.2) is 0 Å². The van der Waals surface area contributed by atoms with Crippen molar-refractivity contribution in [1.29, 1.82) is 0 Å². The van der Waals surface area contributed by atoms with Crippen molar-refractivity contribution in [3.05, 3.63) is 35.0 Å². The summed E-state index contributed by atoms with van der Waals surface area (Å²) < 4.78 is 2.20. The number of aliphatic hydroxyl groups excluding tert-OH is 1. The first kappa shape index (κ1) is 13.8. The number of hydrogen-bond acceptors (Lipinski definition) is 2. The minimum absolute atomic E-state index is 0.0782. The van der Waals surface area contributed by atoms with Crippen LogP contribution in [0.5, 0.6) is 0 Å². The highest BCUT2D eigenvalue weighted by molar-refractivity contribution is 7.99. The number of thioether (sulfide) groups is 1. The lowest BCUT2D eigenvalue weighted by Crippen LogP contribution is -1.97. The van der Waals surface area contributed by atoms with Gasteiger partial charge in [-0.2, -0.15) is 11.8 Å². The molecule has 0 saturated carbocycles. The maximum atomic E-state index is 9.38. The molecule has 18 heavy (non-hydrogen) atoms. The van der Waals surface area contributed by atoms with Crippen LogP contribution in [-0.2, 0) is 13.2 Å². The summed E-state index contributed by atoms with van der Waals surface area (Å²) in [5.41, 5.74) is 2.10. The zero-order chi connectivity index (χ0) is 13.0. The van der Waals surface area contributed by atoms with Crippen molar-refractivity contribution < 1.29 is 5.11 Å². The van der Waals surface area contributed by atoms with E-state index < -0.39 is 0 Å². The number of hydrogen-bond donors (Lipinski definition) is 1. The van der Waals surface area contributed by atoms with Crippen LogP contribution >= 0.6 is 23.4 Å². The molecule has 0 bridgehead atoms. The number of benzene rings is 1. The SMILES string of the molecule is CCSCCCn1cc(CO)c2ccc(Cl)cc21. The topological polar surface area (TPSA) is 25.2 Å². The molecule has 1 aromatic carbocycles. The van der Waals surface area contributed by atoms with Crippen molar-refractivity contribution in [2.24, 2.45) is 0 Å². The predicted octanol–water partition coefficient (Wildman–Crippen LogP) is 3.93. The quantitative estimate of drug-likeness (QED) is 0.813. The summed E-state index contributed by atoms with van der Waals surface area (Å²) in [6, 6.07) is 5.84. The van der Waals surface area contributed by atoms with E-state index >= 15 is 0 Å². The lowest BCUT2D eigenvalue weighted by atomic mass is 10.2. The van der Waals surface area contributed by atoms with Crippen LogP contribution in [0.1, 0.15) is 18.9 Å². The minimum atomic E-state index is 0.0782. The van der Waals surface area contributed by atoms with Crippen LogP contribution in [0.3, 0.4) is 0 Å². The maximum Gasteiger partial charge on any atom is 0.0702 e. The highest BCUT2D eigenvalue weighted by Crippen LogP contribution is 2.25. The van der Waals surface area contributed by atoms with E-state index in [-0.39, 0.29) is 6.61 Å². The van der Waals surface area contributed by atoms with Gasteiger partial charge < -0.3 is 9.67 Å². The Balaban J connectivity index is 2.23. The first-order valence-electron chi connectivity index (χ1n) is 6.22. The Labute approximate surface area is 117 Å². The van der Waals surface area contributed by atoms with Crippen molar-refractivity contribution in [2.75, 3.05) is 11.5 Å². The minimum Gasteiger partial charge on any atom is -0.392 e. The van der Waals surface area contributed by atoms with Gasteiger partial charge in [-0.05, 0) is 30.1 Å². The average Bonchev–Trinajstić information content (AvgIpc) is 2.72. The van der Waals surface area contributed by atoms with Gasteiger partial charge in [0.1, 0.15) is 0 Å². The summed E-state index contributed by atoms with van der Waals surface area (Å²) in [5.74, 6) is 2.34. The average molecular weight is 284 g/mol. The van der Waals surface area contributed by atoms with E-state index in [4.69, 9.17) is 11.6 Å². The molecule has 1 N–H and O–H groups in total. The highest BCUT2D eigenvalue weighted by Gasteiger charge is 2.08. The Bertz CT molecular complexity index is 524. The monoisotopic (exact) mass is 283 g/mol. The maximum absolute atomic E-state index is 9.38. The van der Waals surface area contributed by atoms with Crippen LogP contribution < -0.4 is 0 Å². The van der Waals surface area contributed by atoms with Crippen molar-refractivity contribution >= 4 is 34.3 Å². The summed E-state index contributed by atoms with van der Waals surface area (Å²) in [6.45, 7) is 3.23. The molecule has 2 aromatic rings. The number of rotatable bonds is 6. The normalized spacial score (nSPS) is 11.3. The molecule has 0 saturated heterocycles. The van der Waals surface area contributed by atoms with Gasteiger partial charge in [0.2, 0.25) is 0 Å². The molecule has 0 aliphatic carbocycles. The Morgan fingerprint density at radius 3 is 2.94 bits per heavy atom. The van der Waals surface area contributed by atoms with Crippen molar-refractivity contribution in [1.82, 2.24) is 4.57 Å². The fourth-order valence-electron chi connectivity index (χ4n) is 2.13. The third-order valence-corrected chi connectivity index (χ3v) is 4.21. The smallest absolute Gasteiger partial charge is 0.0702 e. The molecule has 0 spiro atoms. The molecule has 0 aliphatic rings. The van der Waals surface area contributed by atoms with Crippen LogP contribution in [0.25, 0.3) is 10.9 Å². The third kappa shape index (κ3) is 3.02. The van der Waals surface area contributed by atoms with Crippen molar-refractivity contribution in [3.63, 3.8) is 0 Å². The molecule has 0 aliphatic heterocycles. The summed E-state index contributed by atoms with van der Waals surface area (Å²) in [5, 5.41) is 11.2. The second-order valence-electron chi connectivity index (χ2n) is 4.22. The first-order chi connectivity index (χ1) is 8.76. The Hall–Kier alpha value is -0.640. The van der Waals surface area contributed by atoms with Crippen LogP contribution in [-0.4, -0.2) is 21.2 Å². The summed E-state index contributed by atoms with van der Waals surface area (Å²) in [6.07, 6.45) is 3.18. The third-order valence-electron chi connectivity index (χ3n) is 2.99. The molecule has 0 amide bonds. The number of aliphatic hydroxyl groups is 1. The lowest BCUT2D eigenvalue weighted by Gasteiger charge is -2.05. The molecule has 0 fully saturated rings.